The first-order valence-electron chi connectivity index (χ1n) is 6.87. The van der Waals surface area contributed by atoms with Crippen molar-refractivity contribution in [2.24, 2.45) is 0 Å². The number of fused-ring (bicyclic) bond motifs is 1. The largest absolute Gasteiger partial charge is 0.478 e. The first kappa shape index (κ1) is 13.8. The summed E-state index contributed by atoms with van der Waals surface area (Å²) in [7, 11) is 0. The normalized spacial score (nSPS) is 12.7. The highest BCUT2D eigenvalue weighted by Gasteiger charge is 2.19. The molecule has 0 saturated carbocycles. The van der Waals surface area contributed by atoms with Crippen LogP contribution in [-0.2, 0) is 0 Å². The number of carboxylic acid groups (broad SMARTS) is 1. The highest BCUT2D eigenvalue weighted by Crippen LogP contribution is 2.31. The molecule has 0 amide bonds. The summed E-state index contributed by atoms with van der Waals surface area (Å²) in [6, 6.07) is 9.57. The Morgan fingerprint density at radius 2 is 2.24 bits per heavy atom. The zero-order valence-electron chi connectivity index (χ0n) is 11.9. The molecule has 3 aromatic rings. The van der Waals surface area contributed by atoms with E-state index >= 15 is 0 Å². The van der Waals surface area contributed by atoms with Gasteiger partial charge in [0.25, 0.3) is 0 Å². The van der Waals surface area contributed by atoms with Gasteiger partial charge in [0.15, 0.2) is 0 Å². The third-order valence-electron chi connectivity index (χ3n) is 3.68. The van der Waals surface area contributed by atoms with E-state index in [-0.39, 0.29) is 11.6 Å². The summed E-state index contributed by atoms with van der Waals surface area (Å²) in [5.74, 6) is -0.0119. The van der Waals surface area contributed by atoms with Crippen LogP contribution in [0.4, 0.5) is 0 Å². The maximum absolute atomic E-state index is 11.1. The van der Waals surface area contributed by atoms with Crippen LogP contribution >= 0.6 is 11.3 Å². The van der Waals surface area contributed by atoms with Crippen LogP contribution in [-0.4, -0.2) is 20.6 Å². The summed E-state index contributed by atoms with van der Waals surface area (Å²) in [6.45, 7) is 4.12. The zero-order valence-corrected chi connectivity index (χ0v) is 12.7. The second kappa shape index (κ2) is 5.33. The van der Waals surface area contributed by atoms with Crippen LogP contribution in [0.15, 0.2) is 35.7 Å². The molecule has 1 unspecified atom stereocenters. The number of aromatic nitrogens is 2. The smallest absolute Gasteiger partial charge is 0.335 e. The second-order valence-corrected chi connectivity index (χ2v) is 5.96. The van der Waals surface area contributed by atoms with Crippen LogP contribution in [0.5, 0.6) is 0 Å². The molecule has 4 nitrogen and oxygen atoms in total. The lowest BCUT2D eigenvalue weighted by Gasteiger charge is -2.18. The minimum atomic E-state index is -0.922. The number of aryl methyl sites for hydroxylation is 1. The van der Waals surface area contributed by atoms with Crippen molar-refractivity contribution in [1.29, 1.82) is 0 Å². The molecule has 108 valence electrons. The first-order valence-corrected chi connectivity index (χ1v) is 7.75. The van der Waals surface area contributed by atoms with Gasteiger partial charge < -0.3 is 9.67 Å². The maximum atomic E-state index is 11.1. The molecule has 0 saturated heterocycles. The van der Waals surface area contributed by atoms with E-state index in [1.165, 1.54) is 4.88 Å². The highest BCUT2D eigenvalue weighted by atomic mass is 32.1. The van der Waals surface area contributed by atoms with Crippen LogP contribution in [0.2, 0.25) is 0 Å². The van der Waals surface area contributed by atoms with Crippen LogP contribution in [0.1, 0.15) is 40.4 Å². The topological polar surface area (TPSA) is 55.1 Å². The Bertz CT molecular complexity index is 790. The molecule has 1 aromatic carbocycles. The van der Waals surface area contributed by atoms with Crippen LogP contribution in [0.3, 0.4) is 0 Å². The number of hydrogen-bond acceptors (Lipinski definition) is 3. The second-order valence-electron chi connectivity index (χ2n) is 4.98. The Labute approximate surface area is 126 Å². The van der Waals surface area contributed by atoms with Crippen molar-refractivity contribution in [3.8, 4) is 0 Å². The van der Waals surface area contributed by atoms with E-state index in [0.29, 0.717) is 0 Å². The zero-order chi connectivity index (χ0) is 15.0. The third-order valence-corrected chi connectivity index (χ3v) is 4.66. The third kappa shape index (κ3) is 2.34. The SMILES string of the molecule is CCC(c1cccs1)n1c(C)nc2cc(C(=O)O)ccc21. The van der Waals surface area contributed by atoms with Gasteiger partial charge in [0.05, 0.1) is 22.6 Å². The summed E-state index contributed by atoms with van der Waals surface area (Å²) < 4.78 is 2.20. The number of rotatable bonds is 4. The van der Waals surface area contributed by atoms with Gasteiger partial charge in [-0.2, -0.15) is 0 Å². The number of imidazole rings is 1. The molecule has 1 atom stereocenters. The highest BCUT2D eigenvalue weighted by molar-refractivity contribution is 7.10. The Balaban J connectivity index is 2.18. The van der Waals surface area contributed by atoms with Crippen LogP contribution in [0, 0.1) is 6.92 Å². The fraction of sp³-hybridized carbons (Fsp3) is 0.250. The van der Waals surface area contributed by atoms with Gasteiger partial charge in [-0.15, -0.1) is 11.3 Å². The number of carbonyl (C=O) groups is 1. The average Bonchev–Trinajstić information content (AvgIpc) is 3.08. The van der Waals surface area contributed by atoms with Gasteiger partial charge in [0.2, 0.25) is 0 Å². The monoisotopic (exact) mass is 300 g/mol. The van der Waals surface area contributed by atoms with Gasteiger partial charge in [0.1, 0.15) is 5.82 Å². The summed E-state index contributed by atoms with van der Waals surface area (Å²) >= 11 is 1.74. The van der Waals surface area contributed by atoms with Gasteiger partial charge >= 0.3 is 5.97 Å². The molecule has 21 heavy (non-hydrogen) atoms. The van der Waals surface area contributed by atoms with Crippen molar-refractivity contribution in [3.63, 3.8) is 0 Å². The van der Waals surface area contributed by atoms with Crippen molar-refractivity contribution in [3.05, 3.63) is 52.0 Å². The minimum Gasteiger partial charge on any atom is -0.478 e. The number of carboxylic acids is 1. The van der Waals surface area contributed by atoms with Crippen molar-refractivity contribution in [2.75, 3.05) is 0 Å². The fourth-order valence-electron chi connectivity index (χ4n) is 2.74. The average molecular weight is 300 g/mol. The number of benzene rings is 1. The van der Waals surface area contributed by atoms with E-state index in [1.54, 1.807) is 23.5 Å². The van der Waals surface area contributed by atoms with E-state index in [0.717, 1.165) is 23.3 Å². The quantitative estimate of drug-likeness (QED) is 0.789. The lowest BCUT2D eigenvalue weighted by Crippen LogP contribution is -2.10. The van der Waals surface area contributed by atoms with E-state index in [9.17, 15) is 4.79 Å². The number of thiophene rings is 1. The molecule has 3 rings (SSSR count). The van der Waals surface area contributed by atoms with Crippen LogP contribution in [0.25, 0.3) is 11.0 Å². The van der Waals surface area contributed by atoms with Crippen LogP contribution < -0.4 is 0 Å². The molecule has 2 heterocycles. The van der Waals surface area contributed by atoms with Gasteiger partial charge in [-0.25, -0.2) is 9.78 Å². The lowest BCUT2D eigenvalue weighted by atomic mass is 10.1. The predicted octanol–water partition coefficient (Wildman–Crippen LogP) is 4.10. The summed E-state index contributed by atoms with van der Waals surface area (Å²) in [5, 5.41) is 11.2. The molecule has 5 heteroatoms. The molecule has 0 fully saturated rings. The molecule has 2 aromatic heterocycles. The Kier molecular flexibility index (Phi) is 3.51. The maximum Gasteiger partial charge on any atom is 0.335 e. The fourth-order valence-corrected chi connectivity index (χ4v) is 3.64. The number of nitrogens with zero attached hydrogens (tertiary/aromatic N) is 2. The number of aromatic carboxylic acids is 1. The number of hydrogen-bond donors (Lipinski definition) is 1. The van der Waals surface area contributed by atoms with Crippen molar-refractivity contribution >= 4 is 28.3 Å². The first-order chi connectivity index (χ1) is 10.1. The van der Waals surface area contributed by atoms with E-state index < -0.39 is 5.97 Å². The van der Waals surface area contributed by atoms with Crippen molar-refractivity contribution in [2.45, 2.75) is 26.3 Å². The Morgan fingerprint density at radius 1 is 1.43 bits per heavy atom. The molecular weight excluding hydrogens is 284 g/mol. The molecule has 0 aliphatic heterocycles. The van der Waals surface area contributed by atoms with Crippen molar-refractivity contribution < 1.29 is 9.90 Å². The Hall–Kier alpha value is -2.14. The van der Waals surface area contributed by atoms with E-state index in [2.05, 4.69) is 34.0 Å². The summed E-state index contributed by atoms with van der Waals surface area (Å²) in [5.41, 5.74) is 2.00. The van der Waals surface area contributed by atoms with Crippen molar-refractivity contribution in [1.82, 2.24) is 9.55 Å². The van der Waals surface area contributed by atoms with Gasteiger partial charge in [-0.1, -0.05) is 13.0 Å². The summed E-state index contributed by atoms with van der Waals surface area (Å²) in [4.78, 5) is 16.9. The van der Waals surface area contributed by atoms with E-state index in [1.807, 2.05) is 13.0 Å². The van der Waals surface area contributed by atoms with E-state index in [4.69, 9.17) is 5.11 Å². The molecule has 1 N–H and O–H groups in total. The summed E-state index contributed by atoms with van der Waals surface area (Å²) in [6.07, 6.45) is 0.966. The lowest BCUT2D eigenvalue weighted by molar-refractivity contribution is 0.0697. The Morgan fingerprint density at radius 3 is 2.86 bits per heavy atom. The predicted molar refractivity (Wildman–Crippen MR) is 84.2 cm³/mol. The molecule has 0 aliphatic rings. The van der Waals surface area contributed by atoms with Gasteiger partial charge in [-0.3, -0.25) is 0 Å². The molecule has 0 radical (unpaired) electrons. The molecule has 0 spiro atoms. The standard InChI is InChI=1S/C16H16N2O2S/c1-3-13(15-5-4-8-21-15)18-10(2)17-12-9-11(16(19)20)6-7-14(12)18/h4-9,13H,3H2,1-2H3,(H,19,20). The molecule has 0 aliphatic carbocycles. The van der Waals surface area contributed by atoms with Gasteiger partial charge in [0, 0.05) is 4.88 Å². The molecule has 0 bridgehead atoms. The minimum absolute atomic E-state index is 0.241. The van der Waals surface area contributed by atoms with Gasteiger partial charge in [-0.05, 0) is 43.0 Å². The molecular formula is C16H16N2O2S.